The molecule has 0 saturated carbocycles. The molecule has 2 nitrogen and oxygen atoms in total. The molecule has 1 amide bonds. The molecule has 1 atom stereocenters. The summed E-state index contributed by atoms with van der Waals surface area (Å²) in [6.45, 7) is 12.7. The van der Waals surface area contributed by atoms with E-state index >= 15 is 0 Å². The quantitative estimate of drug-likeness (QED) is 0.778. The number of hydrogen-bond acceptors (Lipinski definition) is 1. The summed E-state index contributed by atoms with van der Waals surface area (Å²) >= 11 is 0. The first-order valence-corrected chi connectivity index (χ1v) is 6.49. The minimum atomic E-state index is 0.0875. The van der Waals surface area contributed by atoms with E-state index in [1.807, 2.05) is 37.1 Å². The summed E-state index contributed by atoms with van der Waals surface area (Å²) in [4.78, 5) is 14.3. The van der Waals surface area contributed by atoms with Gasteiger partial charge < -0.3 is 4.90 Å². The highest BCUT2D eigenvalue weighted by Gasteiger charge is 2.27. The van der Waals surface area contributed by atoms with Crippen molar-refractivity contribution in [2.45, 2.75) is 47.6 Å². The SMILES string of the molecule is Cc1ccc(C(=O)N(C)[C@H](C)C(C)(C)C)cc1C. The van der Waals surface area contributed by atoms with Gasteiger partial charge in [-0.2, -0.15) is 0 Å². The highest BCUT2D eigenvalue weighted by atomic mass is 16.2. The van der Waals surface area contributed by atoms with Gasteiger partial charge in [0.1, 0.15) is 0 Å². The lowest BCUT2D eigenvalue weighted by atomic mass is 9.87. The minimum absolute atomic E-state index is 0.0875. The molecule has 0 unspecified atom stereocenters. The largest absolute Gasteiger partial charge is 0.338 e. The zero-order valence-corrected chi connectivity index (χ0v) is 12.7. The zero-order valence-electron chi connectivity index (χ0n) is 12.7. The maximum atomic E-state index is 12.4. The van der Waals surface area contributed by atoms with Crippen molar-refractivity contribution >= 4 is 5.91 Å². The van der Waals surface area contributed by atoms with E-state index in [1.54, 1.807) is 0 Å². The molecule has 0 fully saturated rings. The monoisotopic (exact) mass is 247 g/mol. The first-order chi connectivity index (χ1) is 8.14. The Morgan fingerprint density at radius 3 is 2.17 bits per heavy atom. The Labute approximate surface area is 111 Å². The molecule has 1 aromatic rings. The number of amides is 1. The van der Waals surface area contributed by atoms with Gasteiger partial charge in [-0.25, -0.2) is 0 Å². The topological polar surface area (TPSA) is 20.3 Å². The fourth-order valence-corrected chi connectivity index (χ4v) is 1.83. The van der Waals surface area contributed by atoms with Crippen LogP contribution >= 0.6 is 0 Å². The zero-order chi connectivity index (χ0) is 14.1. The average molecular weight is 247 g/mol. The van der Waals surface area contributed by atoms with Crippen molar-refractivity contribution in [2.24, 2.45) is 5.41 Å². The van der Waals surface area contributed by atoms with Gasteiger partial charge in [-0.3, -0.25) is 4.79 Å². The summed E-state index contributed by atoms with van der Waals surface area (Å²) in [6.07, 6.45) is 0. The molecule has 0 aliphatic heterocycles. The van der Waals surface area contributed by atoms with E-state index in [0.29, 0.717) is 0 Å². The number of carbonyl (C=O) groups excluding carboxylic acids is 1. The molecule has 1 aromatic carbocycles. The van der Waals surface area contributed by atoms with Gasteiger partial charge >= 0.3 is 0 Å². The first kappa shape index (κ1) is 14.7. The van der Waals surface area contributed by atoms with Gasteiger partial charge in [0.05, 0.1) is 0 Å². The number of hydrogen-bond donors (Lipinski definition) is 0. The minimum Gasteiger partial charge on any atom is -0.338 e. The second-order valence-electron chi connectivity index (χ2n) is 6.26. The molecule has 0 aromatic heterocycles. The molecule has 0 N–H and O–H groups in total. The Bertz CT molecular complexity index is 443. The molecule has 0 saturated heterocycles. The number of nitrogens with zero attached hydrogens (tertiary/aromatic N) is 1. The highest BCUT2D eigenvalue weighted by molar-refractivity contribution is 5.94. The molecule has 0 bridgehead atoms. The van der Waals surface area contributed by atoms with E-state index in [2.05, 4.69) is 34.6 Å². The molecule has 2 heteroatoms. The van der Waals surface area contributed by atoms with E-state index < -0.39 is 0 Å². The van der Waals surface area contributed by atoms with Crippen LogP contribution in [0.15, 0.2) is 18.2 Å². The molecule has 0 aliphatic rings. The fourth-order valence-electron chi connectivity index (χ4n) is 1.83. The van der Waals surface area contributed by atoms with Gasteiger partial charge in [0.25, 0.3) is 5.91 Å². The van der Waals surface area contributed by atoms with Crippen LogP contribution in [0.25, 0.3) is 0 Å². The Hall–Kier alpha value is -1.31. The van der Waals surface area contributed by atoms with Crippen molar-refractivity contribution in [1.82, 2.24) is 4.90 Å². The number of carbonyl (C=O) groups is 1. The van der Waals surface area contributed by atoms with Crippen LogP contribution in [0.1, 0.15) is 49.2 Å². The maximum absolute atomic E-state index is 12.4. The lowest BCUT2D eigenvalue weighted by Crippen LogP contribution is -2.42. The molecule has 0 aliphatic carbocycles. The third-order valence-electron chi connectivity index (χ3n) is 3.91. The van der Waals surface area contributed by atoms with Gasteiger partial charge in [-0.15, -0.1) is 0 Å². The average Bonchev–Trinajstić information content (AvgIpc) is 2.28. The van der Waals surface area contributed by atoms with Gasteiger partial charge in [0, 0.05) is 18.7 Å². The van der Waals surface area contributed by atoms with E-state index in [-0.39, 0.29) is 17.4 Å². The van der Waals surface area contributed by atoms with Crippen LogP contribution in [-0.4, -0.2) is 23.9 Å². The number of aryl methyl sites for hydroxylation is 2. The molecular weight excluding hydrogens is 222 g/mol. The Kier molecular flexibility index (Phi) is 4.20. The van der Waals surface area contributed by atoms with Crippen LogP contribution in [0, 0.1) is 19.3 Å². The molecule has 0 spiro atoms. The predicted molar refractivity (Wildman–Crippen MR) is 76.9 cm³/mol. The lowest BCUT2D eigenvalue weighted by Gasteiger charge is -2.35. The third-order valence-corrected chi connectivity index (χ3v) is 3.91. The summed E-state index contributed by atoms with van der Waals surface area (Å²) in [5.41, 5.74) is 3.25. The van der Waals surface area contributed by atoms with Crippen molar-refractivity contribution in [1.29, 1.82) is 0 Å². The van der Waals surface area contributed by atoms with E-state index in [0.717, 1.165) is 11.1 Å². The van der Waals surface area contributed by atoms with E-state index in [1.165, 1.54) is 5.56 Å². The van der Waals surface area contributed by atoms with Gasteiger partial charge in [-0.05, 0) is 49.4 Å². The molecule has 18 heavy (non-hydrogen) atoms. The fraction of sp³-hybridized carbons (Fsp3) is 0.562. The lowest BCUT2D eigenvalue weighted by molar-refractivity contribution is 0.0629. The third kappa shape index (κ3) is 3.12. The van der Waals surface area contributed by atoms with Crippen molar-refractivity contribution in [3.05, 3.63) is 34.9 Å². The van der Waals surface area contributed by atoms with E-state index in [4.69, 9.17) is 0 Å². The summed E-state index contributed by atoms with van der Waals surface area (Å²) in [7, 11) is 1.88. The highest BCUT2D eigenvalue weighted by Crippen LogP contribution is 2.24. The Balaban J connectivity index is 2.97. The van der Waals surface area contributed by atoms with Crippen molar-refractivity contribution in [2.75, 3.05) is 7.05 Å². The van der Waals surface area contributed by atoms with E-state index in [9.17, 15) is 4.79 Å². The number of benzene rings is 1. The van der Waals surface area contributed by atoms with Crippen molar-refractivity contribution < 1.29 is 4.79 Å². The summed E-state index contributed by atoms with van der Waals surface area (Å²) in [6, 6.07) is 6.10. The Morgan fingerprint density at radius 1 is 1.17 bits per heavy atom. The van der Waals surface area contributed by atoms with Crippen LogP contribution in [0.4, 0.5) is 0 Å². The van der Waals surface area contributed by atoms with Crippen molar-refractivity contribution in [3.63, 3.8) is 0 Å². The molecule has 1 rings (SSSR count). The molecule has 0 heterocycles. The second kappa shape index (κ2) is 5.13. The summed E-state index contributed by atoms with van der Waals surface area (Å²) in [5.74, 6) is 0.0977. The standard InChI is InChI=1S/C16H25NO/c1-11-8-9-14(10-12(11)2)15(18)17(7)13(3)16(4,5)6/h8-10,13H,1-7H3/t13-/m1/s1. The first-order valence-electron chi connectivity index (χ1n) is 6.49. The van der Waals surface area contributed by atoms with Crippen LogP contribution in [0.2, 0.25) is 0 Å². The van der Waals surface area contributed by atoms with Gasteiger partial charge in [0.15, 0.2) is 0 Å². The maximum Gasteiger partial charge on any atom is 0.253 e. The summed E-state index contributed by atoms with van der Waals surface area (Å²) in [5, 5.41) is 0. The normalized spacial score (nSPS) is 13.3. The van der Waals surface area contributed by atoms with Crippen LogP contribution in [0.5, 0.6) is 0 Å². The predicted octanol–water partition coefficient (Wildman–Crippen LogP) is 3.81. The number of rotatable bonds is 2. The smallest absolute Gasteiger partial charge is 0.253 e. The summed E-state index contributed by atoms with van der Waals surface area (Å²) < 4.78 is 0. The van der Waals surface area contributed by atoms with Gasteiger partial charge in [-0.1, -0.05) is 26.8 Å². The molecule has 100 valence electrons. The second-order valence-corrected chi connectivity index (χ2v) is 6.26. The van der Waals surface area contributed by atoms with Crippen molar-refractivity contribution in [3.8, 4) is 0 Å². The Morgan fingerprint density at radius 2 is 1.72 bits per heavy atom. The van der Waals surface area contributed by atoms with Gasteiger partial charge in [0.2, 0.25) is 0 Å². The molecular formula is C16H25NO. The van der Waals surface area contributed by atoms with Crippen LogP contribution in [0.3, 0.4) is 0 Å². The molecule has 0 radical (unpaired) electrons. The van der Waals surface area contributed by atoms with Crippen LogP contribution < -0.4 is 0 Å². The van der Waals surface area contributed by atoms with Crippen LogP contribution in [-0.2, 0) is 0 Å².